The Morgan fingerprint density at radius 2 is 1.03 bits per heavy atom. The molecule has 0 aliphatic heterocycles. The molecule has 166 valence electrons. The molecule has 0 aliphatic carbocycles. The molecule has 0 heterocycles. The van der Waals surface area contributed by atoms with Crippen LogP contribution in [0.3, 0.4) is 0 Å². The maximum Gasteiger partial charge on any atom is 0.341 e. The summed E-state index contributed by atoms with van der Waals surface area (Å²) >= 11 is 0. The van der Waals surface area contributed by atoms with Crippen LogP contribution in [-0.4, -0.2) is 33.3 Å². The van der Waals surface area contributed by atoms with E-state index in [-0.39, 0.29) is 5.97 Å². The molecule has 5 nitrogen and oxygen atoms in total. The summed E-state index contributed by atoms with van der Waals surface area (Å²) in [7, 11) is 4.30. The van der Waals surface area contributed by atoms with Crippen LogP contribution in [0.4, 0.5) is 0 Å². The lowest BCUT2D eigenvalue weighted by Crippen LogP contribution is -2.05. The van der Waals surface area contributed by atoms with Crippen LogP contribution in [0, 0.1) is 0 Å². The van der Waals surface area contributed by atoms with Crippen LogP contribution < -0.4 is 4.74 Å². The van der Waals surface area contributed by atoms with E-state index in [1.165, 1.54) is 30.9 Å². The van der Waals surface area contributed by atoms with E-state index in [1.54, 1.807) is 25.3 Å². The fourth-order valence-electron chi connectivity index (χ4n) is 3.55. The molecule has 0 bridgehead atoms. The number of methoxy groups -OCH3 is 3. The minimum absolute atomic E-state index is 0.315. The zero-order chi connectivity index (χ0) is 22.9. The second-order valence-corrected chi connectivity index (χ2v) is 7.53. The van der Waals surface area contributed by atoms with E-state index in [0.29, 0.717) is 16.9 Å². The van der Waals surface area contributed by atoms with E-state index in [2.05, 4.69) is 24.3 Å². The summed E-state index contributed by atoms with van der Waals surface area (Å²) in [5.41, 5.74) is 5.82. The van der Waals surface area contributed by atoms with Gasteiger partial charge < -0.3 is 14.2 Å². The average molecular weight is 433 g/mol. The Bertz CT molecular complexity index is 1050. The Morgan fingerprint density at radius 3 is 1.50 bits per heavy atom. The van der Waals surface area contributed by atoms with Gasteiger partial charge in [0.2, 0.25) is 0 Å². The van der Waals surface area contributed by atoms with Crippen molar-refractivity contribution in [1.29, 1.82) is 0 Å². The first kappa shape index (κ1) is 23.1. The van der Waals surface area contributed by atoms with Crippen molar-refractivity contribution in [2.75, 3.05) is 21.3 Å². The van der Waals surface area contributed by atoms with Gasteiger partial charge in [-0.25, -0.2) is 9.59 Å². The smallest absolute Gasteiger partial charge is 0.341 e. The quantitative estimate of drug-likeness (QED) is 0.453. The zero-order valence-electron chi connectivity index (χ0n) is 18.7. The summed E-state index contributed by atoms with van der Waals surface area (Å²) in [5.74, 6) is -0.183. The molecule has 0 amide bonds. The molecule has 0 radical (unpaired) electrons. The molecular formula is C27H28O5. The standard InChI is InChI=1S/C27H28O5/c1-30-25-18-22(14-17-24(25)27(29)32-3)11-10-20-6-4-19(5-7-20)8-9-21-12-15-23(16-13-21)26(28)31-2/h4-7,12-18H,8-11H2,1-3H3. The van der Waals surface area contributed by atoms with Gasteiger partial charge in [-0.05, 0) is 72.2 Å². The number of hydrogen-bond acceptors (Lipinski definition) is 5. The van der Waals surface area contributed by atoms with Crippen molar-refractivity contribution < 1.29 is 23.8 Å². The molecule has 0 aromatic heterocycles. The molecule has 3 aromatic carbocycles. The van der Waals surface area contributed by atoms with Gasteiger partial charge in [0.15, 0.2) is 0 Å². The van der Waals surface area contributed by atoms with Crippen molar-refractivity contribution in [3.05, 3.63) is 100 Å². The molecule has 0 saturated carbocycles. The van der Waals surface area contributed by atoms with Gasteiger partial charge in [0.05, 0.1) is 26.9 Å². The van der Waals surface area contributed by atoms with Gasteiger partial charge in [0.25, 0.3) is 0 Å². The van der Waals surface area contributed by atoms with Crippen molar-refractivity contribution in [1.82, 2.24) is 0 Å². The van der Waals surface area contributed by atoms with Crippen LogP contribution in [0.5, 0.6) is 5.75 Å². The third-order valence-corrected chi connectivity index (χ3v) is 5.47. The van der Waals surface area contributed by atoms with Crippen LogP contribution >= 0.6 is 0 Å². The number of carbonyl (C=O) groups excluding carboxylic acids is 2. The van der Waals surface area contributed by atoms with Crippen LogP contribution in [0.25, 0.3) is 0 Å². The molecule has 32 heavy (non-hydrogen) atoms. The summed E-state index contributed by atoms with van der Waals surface area (Å²) < 4.78 is 14.9. The molecule has 5 heteroatoms. The molecule has 0 atom stereocenters. The monoisotopic (exact) mass is 432 g/mol. The van der Waals surface area contributed by atoms with Gasteiger partial charge in [-0.2, -0.15) is 0 Å². The first-order chi connectivity index (χ1) is 15.5. The molecule has 3 rings (SSSR count). The molecule has 0 aliphatic rings. The number of benzene rings is 3. The van der Waals surface area contributed by atoms with E-state index >= 15 is 0 Å². The molecule has 0 fully saturated rings. The Balaban J connectivity index is 1.53. The van der Waals surface area contributed by atoms with Gasteiger partial charge in [-0.3, -0.25) is 0 Å². The predicted octanol–water partition coefficient (Wildman–Crippen LogP) is 4.84. The fraction of sp³-hybridized carbons (Fsp3) is 0.259. The largest absolute Gasteiger partial charge is 0.496 e. The lowest BCUT2D eigenvalue weighted by atomic mass is 9.99. The van der Waals surface area contributed by atoms with E-state index in [4.69, 9.17) is 14.2 Å². The van der Waals surface area contributed by atoms with Gasteiger partial charge in [0, 0.05) is 0 Å². The SMILES string of the molecule is COC(=O)c1ccc(CCc2ccc(CCc3ccc(C(=O)OC)c(OC)c3)cc2)cc1. The highest BCUT2D eigenvalue weighted by Gasteiger charge is 2.13. The Labute approximate surface area is 188 Å². The van der Waals surface area contributed by atoms with Crippen LogP contribution in [-0.2, 0) is 35.2 Å². The van der Waals surface area contributed by atoms with E-state index in [9.17, 15) is 9.59 Å². The summed E-state index contributed by atoms with van der Waals surface area (Å²) in [6, 6.07) is 21.8. The van der Waals surface area contributed by atoms with Crippen molar-refractivity contribution in [2.24, 2.45) is 0 Å². The minimum atomic E-state index is -0.400. The Hall–Kier alpha value is -3.60. The molecule has 0 unspecified atom stereocenters. The van der Waals surface area contributed by atoms with Crippen molar-refractivity contribution in [3.63, 3.8) is 0 Å². The van der Waals surface area contributed by atoms with Gasteiger partial charge in [-0.1, -0.05) is 42.5 Å². The highest BCUT2D eigenvalue weighted by Crippen LogP contribution is 2.22. The van der Waals surface area contributed by atoms with E-state index < -0.39 is 5.97 Å². The first-order valence-electron chi connectivity index (χ1n) is 10.5. The van der Waals surface area contributed by atoms with Crippen molar-refractivity contribution in [3.8, 4) is 5.75 Å². The minimum Gasteiger partial charge on any atom is -0.496 e. The number of rotatable bonds is 9. The summed E-state index contributed by atoms with van der Waals surface area (Å²) in [6.45, 7) is 0. The van der Waals surface area contributed by atoms with Crippen LogP contribution in [0.2, 0.25) is 0 Å². The molecule has 3 aromatic rings. The van der Waals surface area contributed by atoms with E-state index in [0.717, 1.165) is 31.2 Å². The normalized spacial score (nSPS) is 10.5. The van der Waals surface area contributed by atoms with E-state index in [1.807, 2.05) is 24.3 Å². The van der Waals surface area contributed by atoms with Crippen LogP contribution in [0.1, 0.15) is 43.0 Å². The number of esters is 2. The number of ether oxygens (including phenoxy) is 3. The molecule has 0 spiro atoms. The summed E-state index contributed by atoms with van der Waals surface area (Å²) in [5, 5.41) is 0. The van der Waals surface area contributed by atoms with Gasteiger partial charge in [0.1, 0.15) is 11.3 Å². The van der Waals surface area contributed by atoms with Gasteiger partial charge >= 0.3 is 11.9 Å². The third kappa shape index (κ3) is 5.97. The highest BCUT2D eigenvalue weighted by molar-refractivity contribution is 5.92. The topological polar surface area (TPSA) is 61.8 Å². The van der Waals surface area contributed by atoms with Gasteiger partial charge in [-0.15, -0.1) is 0 Å². The second kappa shape index (κ2) is 11.1. The second-order valence-electron chi connectivity index (χ2n) is 7.53. The lowest BCUT2D eigenvalue weighted by Gasteiger charge is -2.10. The summed E-state index contributed by atoms with van der Waals surface area (Å²) in [6.07, 6.45) is 3.59. The maximum absolute atomic E-state index is 11.8. The third-order valence-electron chi connectivity index (χ3n) is 5.47. The highest BCUT2D eigenvalue weighted by atomic mass is 16.5. The fourth-order valence-corrected chi connectivity index (χ4v) is 3.55. The molecular weight excluding hydrogens is 404 g/mol. The average Bonchev–Trinajstić information content (AvgIpc) is 2.86. The number of carbonyl (C=O) groups is 2. The summed E-state index contributed by atoms with van der Waals surface area (Å²) in [4.78, 5) is 23.3. The molecule has 0 N–H and O–H groups in total. The molecule has 0 saturated heterocycles. The Morgan fingerprint density at radius 1 is 0.594 bits per heavy atom. The Kier molecular flexibility index (Phi) is 8.03. The number of hydrogen-bond donors (Lipinski definition) is 0. The lowest BCUT2D eigenvalue weighted by molar-refractivity contribution is 0.0589. The predicted molar refractivity (Wildman–Crippen MR) is 123 cm³/mol. The van der Waals surface area contributed by atoms with Crippen molar-refractivity contribution in [2.45, 2.75) is 25.7 Å². The first-order valence-corrected chi connectivity index (χ1v) is 10.5. The van der Waals surface area contributed by atoms with Crippen molar-refractivity contribution >= 4 is 11.9 Å². The van der Waals surface area contributed by atoms with Crippen LogP contribution in [0.15, 0.2) is 66.7 Å². The maximum atomic E-state index is 11.8. The number of aryl methyl sites for hydroxylation is 4. The zero-order valence-corrected chi connectivity index (χ0v) is 18.7.